The molecule has 0 atom stereocenters. The molecule has 0 heterocycles. The van der Waals surface area contributed by atoms with Gasteiger partial charge in [-0.3, -0.25) is 14.4 Å². The van der Waals surface area contributed by atoms with Crippen LogP contribution in [0.5, 0.6) is 0 Å². The quantitative estimate of drug-likeness (QED) is 0.0717. The van der Waals surface area contributed by atoms with E-state index in [9.17, 15) is 18.0 Å². The highest BCUT2D eigenvalue weighted by atomic mass is 35.5. The first-order chi connectivity index (χ1) is 24.3. The fourth-order valence-corrected chi connectivity index (χ4v) is 3.33. The van der Waals surface area contributed by atoms with Crippen molar-refractivity contribution in [3.63, 3.8) is 0 Å². The number of nitrogens with zero attached hydrogens (tertiary/aromatic N) is 3. The summed E-state index contributed by atoms with van der Waals surface area (Å²) in [5.74, 6) is -1.83. The Morgan fingerprint density at radius 2 is 1.53 bits per heavy atom. The summed E-state index contributed by atoms with van der Waals surface area (Å²) < 4.78 is 47.3. The molecule has 286 valence electrons. The number of amides is 1. The van der Waals surface area contributed by atoms with Gasteiger partial charge in [0.15, 0.2) is 6.61 Å². The lowest BCUT2D eigenvalue weighted by Crippen LogP contribution is -2.30. The number of aldehydes is 1. The number of alkyl halides is 3. The van der Waals surface area contributed by atoms with E-state index in [-0.39, 0.29) is 18.2 Å². The van der Waals surface area contributed by atoms with E-state index < -0.39 is 30.3 Å². The molecule has 0 bridgehead atoms. The number of nitrogens with two attached hydrogens (primary N) is 1. The van der Waals surface area contributed by atoms with Crippen LogP contribution in [0, 0.1) is 0 Å². The van der Waals surface area contributed by atoms with Gasteiger partial charge in [-0.25, -0.2) is 14.8 Å². The SMILES string of the molecule is C=NC(=NC1(c2ccc(Cl)cc2)CC1)/N=C(\Nc1ccc(C(=O)NCCNC)cc1)OCC(F)(F)F.CC.CC.CN.COC=O.O=CC(=O)O. The molecule has 1 aliphatic rings. The average molecular weight is 748 g/mol. The zero-order chi connectivity index (χ0) is 39.9. The normalized spacial score (nSPS) is 12.2. The third kappa shape index (κ3) is 24.0. The molecular formula is C33H49ClF3N7O7. The summed E-state index contributed by atoms with van der Waals surface area (Å²) >= 11 is 5.96. The number of likely N-dealkylation sites (N-methyl/N-ethyl adjacent to an activating group) is 1. The predicted molar refractivity (Wildman–Crippen MR) is 195 cm³/mol. The number of carbonyl (C=O) groups is 4. The van der Waals surface area contributed by atoms with Crippen molar-refractivity contribution in [1.29, 1.82) is 0 Å². The molecule has 3 rings (SSSR count). The Morgan fingerprint density at radius 1 is 1.02 bits per heavy atom. The number of anilines is 1. The minimum absolute atomic E-state index is 0.132. The number of carboxylic acids is 1. The first-order valence-electron chi connectivity index (χ1n) is 15.5. The number of aliphatic carboxylic acids is 1. The monoisotopic (exact) mass is 747 g/mol. The average Bonchev–Trinajstić information content (AvgIpc) is 3.93. The second-order valence-corrected chi connectivity index (χ2v) is 9.22. The lowest BCUT2D eigenvalue weighted by atomic mass is 10.1. The Labute approximate surface area is 301 Å². The number of methoxy groups -OCH3 is 1. The van der Waals surface area contributed by atoms with Gasteiger partial charge in [0.25, 0.3) is 18.4 Å². The second-order valence-electron chi connectivity index (χ2n) is 8.78. The third-order valence-corrected chi connectivity index (χ3v) is 5.64. The van der Waals surface area contributed by atoms with Gasteiger partial charge in [-0.15, -0.1) is 0 Å². The molecule has 0 spiro atoms. The second kappa shape index (κ2) is 30.0. The Kier molecular flexibility index (Phi) is 29.7. The Bertz CT molecular complexity index is 1340. The largest absolute Gasteiger partial charge is 0.476 e. The maximum absolute atomic E-state index is 12.8. The number of rotatable bonds is 10. The van der Waals surface area contributed by atoms with Crippen molar-refractivity contribution in [3.05, 3.63) is 64.7 Å². The van der Waals surface area contributed by atoms with E-state index in [0.29, 0.717) is 48.7 Å². The topological polar surface area (TPSA) is 206 Å². The van der Waals surface area contributed by atoms with E-state index in [2.05, 4.69) is 48.1 Å². The first-order valence-corrected chi connectivity index (χ1v) is 15.8. The molecule has 1 aliphatic carbocycles. The van der Waals surface area contributed by atoms with Crippen molar-refractivity contribution >= 4 is 60.6 Å². The smallest absolute Gasteiger partial charge is 0.422 e. The number of benzene rings is 2. The summed E-state index contributed by atoms with van der Waals surface area (Å²) in [5.41, 5.74) is 5.53. The lowest BCUT2D eigenvalue weighted by molar-refractivity contribution is -0.156. The van der Waals surface area contributed by atoms with Crippen molar-refractivity contribution in [2.24, 2.45) is 20.7 Å². The number of carboxylic acid groups (broad SMARTS) is 1. The highest BCUT2D eigenvalue weighted by molar-refractivity contribution is 6.30. The number of halogens is 4. The molecule has 2 aromatic carbocycles. The molecule has 1 fully saturated rings. The fraction of sp³-hybridized carbons (Fsp3) is 0.424. The summed E-state index contributed by atoms with van der Waals surface area (Å²) in [6.07, 6.45) is -3.32. The number of nitrogens with one attached hydrogen (secondary N) is 3. The van der Waals surface area contributed by atoms with E-state index in [1.54, 1.807) is 19.2 Å². The van der Waals surface area contributed by atoms with E-state index in [1.807, 2.05) is 39.8 Å². The van der Waals surface area contributed by atoms with E-state index in [0.717, 1.165) is 5.56 Å². The van der Waals surface area contributed by atoms with Crippen LogP contribution >= 0.6 is 11.6 Å². The van der Waals surface area contributed by atoms with Gasteiger partial charge in [0.1, 0.15) is 0 Å². The van der Waals surface area contributed by atoms with Crippen molar-refractivity contribution < 1.29 is 46.9 Å². The summed E-state index contributed by atoms with van der Waals surface area (Å²) in [5, 5.41) is 16.3. The molecule has 0 saturated heterocycles. The van der Waals surface area contributed by atoms with Crippen LogP contribution in [0.4, 0.5) is 18.9 Å². The summed E-state index contributed by atoms with van der Waals surface area (Å²) in [6, 6.07) is 12.8. The summed E-state index contributed by atoms with van der Waals surface area (Å²) in [4.78, 5) is 51.4. The van der Waals surface area contributed by atoms with E-state index >= 15 is 0 Å². The number of hydrogen-bond donors (Lipinski definition) is 5. The molecule has 1 saturated carbocycles. The summed E-state index contributed by atoms with van der Waals surface area (Å²) in [6.45, 7) is 11.3. The van der Waals surface area contributed by atoms with Gasteiger partial charge < -0.3 is 36.3 Å². The molecule has 18 heteroatoms. The van der Waals surface area contributed by atoms with Crippen molar-refractivity contribution in [2.45, 2.75) is 52.3 Å². The van der Waals surface area contributed by atoms with Crippen LogP contribution in [0.2, 0.25) is 5.02 Å². The number of hydrogen-bond acceptors (Lipinski definition) is 9. The predicted octanol–water partition coefficient (Wildman–Crippen LogP) is 5.07. The highest BCUT2D eigenvalue weighted by Gasteiger charge is 2.45. The number of aliphatic imine (C=N–C) groups is 3. The fourth-order valence-electron chi connectivity index (χ4n) is 3.20. The molecule has 0 aromatic heterocycles. The van der Waals surface area contributed by atoms with Crippen LogP contribution in [-0.4, -0.2) is 95.5 Å². The Balaban J connectivity index is -0.00000132. The minimum Gasteiger partial charge on any atom is -0.476 e. The van der Waals surface area contributed by atoms with Gasteiger partial charge >= 0.3 is 12.1 Å². The Hall–Kier alpha value is -4.87. The lowest BCUT2D eigenvalue weighted by Gasteiger charge is -2.14. The highest BCUT2D eigenvalue weighted by Crippen LogP contribution is 2.50. The maximum atomic E-state index is 12.8. The molecule has 0 radical (unpaired) electrons. The van der Waals surface area contributed by atoms with Crippen molar-refractivity contribution in [3.8, 4) is 0 Å². The number of ether oxygens (including phenoxy) is 2. The van der Waals surface area contributed by atoms with Gasteiger partial charge in [-0.05, 0) is 75.6 Å². The molecular weight excluding hydrogens is 699 g/mol. The van der Waals surface area contributed by atoms with Gasteiger partial charge in [-0.2, -0.15) is 18.2 Å². The molecule has 0 aliphatic heterocycles. The number of carbonyl (C=O) groups excluding carboxylic acids is 3. The maximum Gasteiger partial charge on any atom is 0.422 e. The Morgan fingerprint density at radius 3 is 1.92 bits per heavy atom. The first kappa shape index (κ1) is 50.5. The van der Waals surface area contributed by atoms with E-state index in [4.69, 9.17) is 35.8 Å². The number of amidine groups is 1. The molecule has 6 N–H and O–H groups in total. The van der Waals surface area contributed by atoms with Crippen molar-refractivity contribution in [2.75, 3.05) is 46.2 Å². The molecule has 0 unspecified atom stereocenters. The molecule has 2 aromatic rings. The molecule has 1 amide bonds. The van der Waals surface area contributed by atoms with Crippen molar-refractivity contribution in [1.82, 2.24) is 10.6 Å². The third-order valence-electron chi connectivity index (χ3n) is 5.39. The standard InChI is InChI=1S/C24H26ClF3N6O2.C2H2O3.C2H4O2.2C2H6.CH5N/c1-29-13-14-31-20(35)16-3-9-19(10-4-16)32-22(36-15-24(26,27)28)33-21(30-2)34-23(11-12-23)17-5-7-18(25)8-6-17;3-1-2(4)5;1-4-2-3;3*1-2/h3-10,29H,2,11-15H2,1H3,(H,31,35)(H,32,33,34);1H,(H,4,5);2H,1H3;2*1-2H3;2H2,1H3. The minimum atomic E-state index is -4.59. The van der Waals surface area contributed by atoms with E-state index in [1.165, 1.54) is 38.4 Å². The molecule has 14 nitrogen and oxygen atoms in total. The molecule has 51 heavy (non-hydrogen) atoms. The number of guanidine groups is 1. The van der Waals surface area contributed by atoms with Gasteiger partial charge in [0, 0.05) is 29.4 Å². The van der Waals surface area contributed by atoms with Crippen LogP contribution in [0.1, 0.15) is 56.5 Å². The van der Waals surface area contributed by atoms with Crippen LogP contribution in [0.3, 0.4) is 0 Å². The van der Waals surface area contributed by atoms with Crippen LogP contribution < -0.4 is 21.7 Å². The zero-order valence-corrected chi connectivity index (χ0v) is 30.6. The van der Waals surface area contributed by atoms with Gasteiger partial charge in [0.2, 0.25) is 12.2 Å². The van der Waals surface area contributed by atoms with Crippen LogP contribution in [0.25, 0.3) is 0 Å². The van der Waals surface area contributed by atoms with Gasteiger partial charge in [-0.1, -0.05) is 51.4 Å². The van der Waals surface area contributed by atoms with Crippen LogP contribution in [-0.2, 0) is 29.4 Å². The van der Waals surface area contributed by atoms with Gasteiger partial charge in [0.05, 0.1) is 12.6 Å². The summed E-state index contributed by atoms with van der Waals surface area (Å²) in [7, 11) is 4.58. The zero-order valence-electron chi connectivity index (χ0n) is 29.8. The van der Waals surface area contributed by atoms with Crippen LogP contribution in [0.15, 0.2) is 63.5 Å².